The van der Waals surface area contributed by atoms with Crippen molar-refractivity contribution in [3.63, 3.8) is 0 Å². The lowest BCUT2D eigenvalue weighted by molar-refractivity contribution is -0.120. The van der Waals surface area contributed by atoms with Crippen molar-refractivity contribution in [1.29, 1.82) is 0 Å². The van der Waals surface area contributed by atoms with Crippen LogP contribution in [0.3, 0.4) is 0 Å². The average molecular weight is 439 g/mol. The zero-order valence-electron chi connectivity index (χ0n) is 17.8. The van der Waals surface area contributed by atoms with Crippen molar-refractivity contribution in [1.82, 2.24) is 20.0 Å². The lowest BCUT2D eigenvalue weighted by Gasteiger charge is -2.19. The molecule has 0 aliphatic heterocycles. The summed E-state index contributed by atoms with van der Waals surface area (Å²) in [5.41, 5.74) is 3.41. The summed E-state index contributed by atoms with van der Waals surface area (Å²) < 4.78 is 27.4. The number of carbonyl (C=O) groups excluding carboxylic acids is 1. The molecular formula is C23H26N4O3S. The molecule has 0 spiro atoms. The highest BCUT2D eigenvalue weighted by atomic mass is 32.2. The molecule has 0 unspecified atom stereocenters. The van der Waals surface area contributed by atoms with Crippen molar-refractivity contribution in [3.8, 4) is 11.3 Å². The van der Waals surface area contributed by atoms with Gasteiger partial charge in [0.05, 0.1) is 17.1 Å². The summed E-state index contributed by atoms with van der Waals surface area (Å²) in [5, 5.41) is 2.74. The molecule has 31 heavy (non-hydrogen) atoms. The summed E-state index contributed by atoms with van der Waals surface area (Å²) in [7, 11) is -3.78. The first-order valence-electron chi connectivity index (χ1n) is 9.88. The number of hydrogen-bond acceptors (Lipinski definition) is 5. The second-order valence-corrected chi connectivity index (χ2v) is 9.89. The van der Waals surface area contributed by atoms with Crippen LogP contribution in [0.25, 0.3) is 11.3 Å². The highest BCUT2D eigenvalue weighted by Crippen LogP contribution is 2.23. The van der Waals surface area contributed by atoms with Gasteiger partial charge >= 0.3 is 0 Å². The maximum absolute atomic E-state index is 12.5. The molecule has 0 aliphatic carbocycles. The summed E-state index contributed by atoms with van der Waals surface area (Å²) in [5.74, 6) is -0.431. The molecule has 2 aromatic heterocycles. The lowest BCUT2D eigenvalue weighted by Crippen LogP contribution is -2.36. The van der Waals surface area contributed by atoms with E-state index in [1.807, 2.05) is 18.2 Å². The van der Waals surface area contributed by atoms with Crippen LogP contribution in [0.4, 0.5) is 0 Å². The van der Waals surface area contributed by atoms with E-state index in [0.717, 1.165) is 22.4 Å². The normalized spacial score (nSPS) is 11.8. The number of nitrogens with one attached hydrogen (secondary N) is 2. The molecule has 0 bridgehead atoms. The number of amides is 1. The largest absolute Gasteiger partial charge is 0.351 e. The molecule has 0 fully saturated rings. The highest BCUT2D eigenvalue weighted by molar-refractivity contribution is 7.89. The highest BCUT2D eigenvalue weighted by Gasteiger charge is 2.18. The van der Waals surface area contributed by atoms with Crippen LogP contribution in [-0.2, 0) is 26.8 Å². The minimum Gasteiger partial charge on any atom is -0.351 e. The number of hydrogen-bond donors (Lipinski definition) is 2. The van der Waals surface area contributed by atoms with Crippen LogP contribution >= 0.6 is 0 Å². The summed E-state index contributed by atoms with van der Waals surface area (Å²) in [4.78, 5) is 20.8. The van der Waals surface area contributed by atoms with Crippen LogP contribution < -0.4 is 10.0 Å². The Morgan fingerprint density at radius 3 is 2.29 bits per heavy atom. The van der Waals surface area contributed by atoms with Gasteiger partial charge in [-0.15, -0.1) is 0 Å². The molecule has 0 saturated heterocycles. The Hall–Kier alpha value is -3.10. The number of carbonyl (C=O) groups is 1. The van der Waals surface area contributed by atoms with E-state index in [0.29, 0.717) is 0 Å². The minimum absolute atomic E-state index is 0.0724. The molecule has 3 aromatic rings. The second-order valence-electron chi connectivity index (χ2n) is 8.12. The Labute approximate surface area is 183 Å². The van der Waals surface area contributed by atoms with Gasteiger partial charge in [0.15, 0.2) is 0 Å². The Balaban J connectivity index is 1.60. The van der Waals surface area contributed by atoms with E-state index in [-0.39, 0.29) is 23.4 Å². The van der Waals surface area contributed by atoms with Crippen LogP contribution in [0.2, 0.25) is 0 Å². The number of nitrogens with zero attached hydrogens (tertiary/aromatic N) is 2. The third kappa shape index (κ3) is 5.96. The quantitative estimate of drug-likeness (QED) is 0.590. The molecular weight excluding hydrogens is 412 g/mol. The van der Waals surface area contributed by atoms with Gasteiger partial charge in [-0.2, -0.15) is 0 Å². The number of pyridine rings is 2. The topological polar surface area (TPSA) is 101 Å². The average Bonchev–Trinajstić information content (AvgIpc) is 2.76. The second kappa shape index (κ2) is 9.36. The van der Waals surface area contributed by atoms with Crippen LogP contribution in [-0.4, -0.2) is 30.8 Å². The summed E-state index contributed by atoms with van der Waals surface area (Å²) in [6.45, 7) is 6.05. The van der Waals surface area contributed by atoms with Crippen molar-refractivity contribution >= 4 is 15.9 Å². The van der Waals surface area contributed by atoms with Gasteiger partial charge in [0, 0.05) is 30.7 Å². The van der Waals surface area contributed by atoms with Crippen LogP contribution in [0.15, 0.2) is 72.0 Å². The van der Waals surface area contributed by atoms with Gasteiger partial charge in [-0.1, -0.05) is 39.0 Å². The summed E-state index contributed by atoms with van der Waals surface area (Å²) in [6.07, 6.45) is 5.03. The Morgan fingerprint density at radius 1 is 0.968 bits per heavy atom. The molecule has 1 aromatic carbocycles. The van der Waals surface area contributed by atoms with E-state index in [1.54, 1.807) is 48.9 Å². The first kappa shape index (κ1) is 22.6. The molecule has 2 heterocycles. The van der Waals surface area contributed by atoms with Crippen molar-refractivity contribution in [2.45, 2.75) is 37.6 Å². The number of benzene rings is 1. The maximum atomic E-state index is 12.5. The van der Waals surface area contributed by atoms with Gasteiger partial charge in [0.2, 0.25) is 15.9 Å². The molecule has 2 N–H and O–H groups in total. The van der Waals surface area contributed by atoms with Crippen LogP contribution in [0.5, 0.6) is 0 Å². The van der Waals surface area contributed by atoms with Crippen LogP contribution in [0.1, 0.15) is 31.9 Å². The molecule has 0 atom stereocenters. The van der Waals surface area contributed by atoms with Crippen LogP contribution in [0, 0.1) is 0 Å². The zero-order chi connectivity index (χ0) is 22.5. The fourth-order valence-corrected chi connectivity index (χ4v) is 3.97. The standard InChI is InChI=1S/C23H26N4O3S/c1-23(2,3)19-6-8-20(9-7-19)31(29,30)27-16-21(28)26-15-18-5-4-12-25-22(18)17-10-13-24-14-11-17/h4-14,27H,15-16H2,1-3H3,(H,26,28). The predicted molar refractivity (Wildman–Crippen MR) is 120 cm³/mol. The molecule has 162 valence electrons. The first-order valence-corrected chi connectivity index (χ1v) is 11.4. The van der Waals surface area contributed by atoms with Crippen molar-refractivity contribution in [3.05, 3.63) is 78.2 Å². The van der Waals surface area contributed by atoms with E-state index in [2.05, 4.69) is 40.8 Å². The van der Waals surface area contributed by atoms with Crippen molar-refractivity contribution < 1.29 is 13.2 Å². The van der Waals surface area contributed by atoms with E-state index >= 15 is 0 Å². The maximum Gasteiger partial charge on any atom is 0.241 e. The molecule has 1 amide bonds. The summed E-state index contributed by atoms with van der Waals surface area (Å²) in [6, 6.07) is 14.0. The van der Waals surface area contributed by atoms with Gasteiger partial charge in [0.1, 0.15) is 0 Å². The van der Waals surface area contributed by atoms with Gasteiger partial charge in [-0.05, 0) is 46.9 Å². The smallest absolute Gasteiger partial charge is 0.241 e. The predicted octanol–water partition coefficient (Wildman–Crippen LogP) is 3.04. The lowest BCUT2D eigenvalue weighted by atomic mass is 9.87. The van der Waals surface area contributed by atoms with Gasteiger partial charge < -0.3 is 5.32 Å². The van der Waals surface area contributed by atoms with Crippen molar-refractivity contribution in [2.75, 3.05) is 6.54 Å². The third-order valence-corrected chi connectivity index (χ3v) is 6.19. The summed E-state index contributed by atoms with van der Waals surface area (Å²) >= 11 is 0. The minimum atomic E-state index is -3.78. The van der Waals surface area contributed by atoms with Gasteiger partial charge in [-0.25, -0.2) is 13.1 Å². The first-order chi connectivity index (χ1) is 14.7. The van der Waals surface area contributed by atoms with Crippen molar-refractivity contribution in [2.24, 2.45) is 0 Å². The Bertz CT molecular complexity index is 1140. The van der Waals surface area contributed by atoms with E-state index in [1.165, 1.54) is 0 Å². The van der Waals surface area contributed by atoms with Gasteiger partial charge in [0.25, 0.3) is 0 Å². The molecule has 8 heteroatoms. The monoisotopic (exact) mass is 438 g/mol. The van der Waals surface area contributed by atoms with E-state index in [9.17, 15) is 13.2 Å². The number of rotatable bonds is 7. The number of aromatic nitrogens is 2. The fraction of sp³-hybridized carbons (Fsp3) is 0.261. The molecule has 7 nitrogen and oxygen atoms in total. The van der Waals surface area contributed by atoms with E-state index in [4.69, 9.17) is 0 Å². The molecule has 0 radical (unpaired) electrons. The van der Waals surface area contributed by atoms with Gasteiger partial charge in [-0.3, -0.25) is 14.8 Å². The Kier molecular flexibility index (Phi) is 6.82. The SMILES string of the molecule is CC(C)(C)c1ccc(S(=O)(=O)NCC(=O)NCc2cccnc2-c2ccncc2)cc1. The third-order valence-electron chi connectivity index (χ3n) is 4.77. The van der Waals surface area contributed by atoms with E-state index < -0.39 is 15.9 Å². The molecule has 0 saturated carbocycles. The molecule has 0 aliphatic rings. The Morgan fingerprint density at radius 2 is 1.65 bits per heavy atom. The fourth-order valence-electron chi connectivity index (χ4n) is 2.99. The zero-order valence-corrected chi connectivity index (χ0v) is 18.6. The number of sulfonamides is 1. The molecule has 3 rings (SSSR count).